The average Bonchev–Trinajstić information content (AvgIpc) is 2.42. The zero-order chi connectivity index (χ0) is 15.4. The number of carboxylic acids is 1. The van der Waals surface area contributed by atoms with Gasteiger partial charge in [0.2, 0.25) is 0 Å². The summed E-state index contributed by atoms with van der Waals surface area (Å²) in [5.41, 5.74) is 1.56. The molecule has 2 rings (SSSR count). The number of carboxylic acid groups (broad SMARTS) is 1. The minimum absolute atomic E-state index is 0.107. The van der Waals surface area contributed by atoms with E-state index in [0.29, 0.717) is 23.6 Å². The molecule has 0 aliphatic heterocycles. The monoisotopic (exact) mass is 310 g/mol. The third-order valence-electron chi connectivity index (χ3n) is 3.73. The Hall–Kier alpha value is -1.75. The molecule has 21 heavy (non-hydrogen) atoms. The topological polar surface area (TPSA) is 78.4 Å². The zero-order valence-electron chi connectivity index (χ0n) is 11.9. The molecule has 3 N–H and O–H groups in total. The number of carbonyl (C=O) groups excluding carboxylic acids is 1. The standard InChI is InChI=1S/C15H19ClN2O3/c1-9-5-6-13(12(16)7-9)18-15(21)17-11-4-2-3-10(8-11)14(19)20/h5-7,10-11H,2-4,8H2,1H3,(H,19,20)(H2,17,18,21). The number of urea groups is 1. The molecule has 0 aromatic heterocycles. The number of aliphatic carboxylic acids is 1. The molecule has 1 fully saturated rings. The number of nitrogens with one attached hydrogen (secondary N) is 2. The van der Waals surface area contributed by atoms with Crippen molar-refractivity contribution in [2.75, 3.05) is 5.32 Å². The van der Waals surface area contributed by atoms with E-state index in [9.17, 15) is 9.59 Å². The van der Waals surface area contributed by atoms with Gasteiger partial charge < -0.3 is 15.7 Å². The molecule has 0 spiro atoms. The summed E-state index contributed by atoms with van der Waals surface area (Å²) in [6.45, 7) is 1.92. The highest BCUT2D eigenvalue weighted by Gasteiger charge is 2.27. The van der Waals surface area contributed by atoms with Gasteiger partial charge in [-0.25, -0.2) is 4.79 Å². The lowest BCUT2D eigenvalue weighted by Gasteiger charge is -2.27. The molecule has 0 heterocycles. The number of hydrogen-bond donors (Lipinski definition) is 3. The molecule has 1 aromatic carbocycles. The average molecular weight is 311 g/mol. The van der Waals surface area contributed by atoms with Crippen molar-refractivity contribution in [2.45, 2.75) is 38.6 Å². The van der Waals surface area contributed by atoms with E-state index in [1.807, 2.05) is 13.0 Å². The van der Waals surface area contributed by atoms with Crippen LogP contribution in [0.3, 0.4) is 0 Å². The summed E-state index contributed by atoms with van der Waals surface area (Å²) in [6.07, 6.45) is 2.77. The van der Waals surface area contributed by atoms with E-state index in [0.717, 1.165) is 18.4 Å². The second-order valence-electron chi connectivity index (χ2n) is 5.48. The maximum absolute atomic E-state index is 12.0. The first-order valence-corrected chi connectivity index (χ1v) is 7.40. The normalized spacial score (nSPS) is 21.6. The molecule has 0 radical (unpaired) electrons. The van der Waals surface area contributed by atoms with Gasteiger partial charge in [-0.2, -0.15) is 0 Å². The first-order chi connectivity index (χ1) is 9.95. The van der Waals surface area contributed by atoms with Gasteiger partial charge >= 0.3 is 12.0 Å². The Bertz CT molecular complexity index is 548. The van der Waals surface area contributed by atoms with E-state index in [1.165, 1.54) is 0 Å². The molecule has 1 saturated carbocycles. The van der Waals surface area contributed by atoms with Crippen LogP contribution in [0.4, 0.5) is 10.5 Å². The van der Waals surface area contributed by atoms with Gasteiger partial charge in [0.25, 0.3) is 0 Å². The molecule has 1 aliphatic carbocycles. The third-order valence-corrected chi connectivity index (χ3v) is 4.04. The molecule has 5 nitrogen and oxygen atoms in total. The highest BCUT2D eigenvalue weighted by molar-refractivity contribution is 6.33. The van der Waals surface area contributed by atoms with Crippen LogP contribution in [0, 0.1) is 12.8 Å². The Morgan fingerprint density at radius 1 is 1.33 bits per heavy atom. The van der Waals surface area contributed by atoms with Gasteiger partial charge in [-0.15, -0.1) is 0 Å². The van der Waals surface area contributed by atoms with Crippen LogP contribution in [-0.4, -0.2) is 23.1 Å². The quantitative estimate of drug-likeness (QED) is 0.800. The maximum Gasteiger partial charge on any atom is 0.319 e. The van der Waals surface area contributed by atoms with E-state index in [2.05, 4.69) is 10.6 Å². The van der Waals surface area contributed by atoms with Crippen molar-refractivity contribution in [3.05, 3.63) is 28.8 Å². The van der Waals surface area contributed by atoms with E-state index < -0.39 is 5.97 Å². The Balaban J connectivity index is 1.91. The SMILES string of the molecule is Cc1ccc(NC(=O)NC2CCCC(C(=O)O)C2)c(Cl)c1. The van der Waals surface area contributed by atoms with Crippen molar-refractivity contribution in [1.82, 2.24) is 5.32 Å². The molecular weight excluding hydrogens is 292 g/mol. The lowest BCUT2D eigenvalue weighted by Crippen LogP contribution is -2.42. The fourth-order valence-corrected chi connectivity index (χ4v) is 2.89. The van der Waals surface area contributed by atoms with Gasteiger partial charge in [0.05, 0.1) is 16.6 Å². The fourth-order valence-electron chi connectivity index (χ4n) is 2.61. The first-order valence-electron chi connectivity index (χ1n) is 7.02. The van der Waals surface area contributed by atoms with Crippen molar-refractivity contribution in [2.24, 2.45) is 5.92 Å². The van der Waals surface area contributed by atoms with Crippen LogP contribution in [0.15, 0.2) is 18.2 Å². The number of benzene rings is 1. The zero-order valence-corrected chi connectivity index (χ0v) is 12.6. The minimum atomic E-state index is -0.788. The summed E-state index contributed by atoms with van der Waals surface area (Å²) in [7, 11) is 0. The van der Waals surface area contributed by atoms with Crippen LogP contribution < -0.4 is 10.6 Å². The molecule has 1 aromatic rings. The van der Waals surface area contributed by atoms with E-state index in [1.54, 1.807) is 12.1 Å². The molecular formula is C15H19ClN2O3. The van der Waals surface area contributed by atoms with Gasteiger partial charge in [0.15, 0.2) is 0 Å². The van der Waals surface area contributed by atoms with Gasteiger partial charge in [0.1, 0.15) is 0 Å². The Morgan fingerprint density at radius 3 is 2.76 bits per heavy atom. The molecule has 2 unspecified atom stereocenters. The highest BCUT2D eigenvalue weighted by atomic mass is 35.5. The number of anilines is 1. The lowest BCUT2D eigenvalue weighted by atomic mass is 9.86. The van der Waals surface area contributed by atoms with Gasteiger partial charge in [-0.05, 0) is 43.9 Å². The molecule has 1 aliphatic rings. The van der Waals surface area contributed by atoms with Crippen LogP contribution in [-0.2, 0) is 4.79 Å². The molecule has 6 heteroatoms. The largest absolute Gasteiger partial charge is 0.481 e. The van der Waals surface area contributed by atoms with Crippen LogP contribution in [0.25, 0.3) is 0 Å². The van der Waals surface area contributed by atoms with E-state index in [-0.39, 0.29) is 18.0 Å². The second-order valence-corrected chi connectivity index (χ2v) is 5.89. The second kappa shape index (κ2) is 6.80. The molecule has 2 amide bonds. The van der Waals surface area contributed by atoms with E-state index in [4.69, 9.17) is 16.7 Å². The number of carbonyl (C=O) groups is 2. The van der Waals surface area contributed by atoms with Crippen LogP contribution in [0.5, 0.6) is 0 Å². The van der Waals surface area contributed by atoms with Crippen LogP contribution >= 0.6 is 11.6 Å². The summed E-state index contributed by atoms with van der Waals surface area (Å²) >= 11 is 6.06. The number of aryl methyl sites for hydroxylation is 1. The predicted molar refractivity (Wildman–Crippen MR) is 81.7 cm³/mol. The summed E-state index contributed by atoms with van der Waals surface area (Å²) in [5.74, 6) is -1.16. The lowest BCUT2D eigenvalue weighted by molar-refractivity contribution is -0.143. The predicted octanol–water partition coefficient (Wildman–Crippen LogP) is 3.41. The van der Waals surface area contributed by atoms with Crippen LogP contribution in [0.2, 0.25) is 5.02 Å². The first kappa shape index (κ1) is 15.6. The van der Waals surface area contributed by atoms with Crippen molar-refractivity contribution >= 4 is 29.3 Å². The summed E-state index contributed by atoms with van der Waals surface area (Å²) in [4.78, 5) is 23.0. The van der Waals surface area contributed by atoms with Gasteiger partial charge in [-0.3, -0.25) is 4.79 Å². The Labute approximate surface area is 128 Å². The smallest absolute Gasteiger partial charge is 0.319 e. The summed E-state index contributed by atoms with van der Waals surface area (Å²) < 4.78 is 0. The summed E-state index contributed by atoms with van der Waals surface area (Å²) in [6, 6.07) is 4.93. The van der Waals surface area contributed by atoms with Crippen molar-refractivity contribution in [1.29, 1.82) is 0 Å². The van der Waals surface area contributed by atoms with Gasteiger partial charge in [0, 0.05) is 6.04 Å². The van der Waals surface area contributed by atoms with Gasteiger partial charge in [-0.1, -0.05) is 24.1 Å². The molecule has 2 atom stereocenters. The van der Waals surface area contributed by atoms with Crippen molar-refractivity contribution in [3.63, 3.8) is 0 Å². The molecule has 114 valence electrons. The van der Waals surface area contributed by atoms with Crippen molar-refractivity contribution in [3.8, 4) is 0 Å². The minimum Gasteiger partial charge on any atom is -0.481 e. The Morgan fingerprint density at radius 2 is 2.10 bits per heavy atom. The maximum atomic E-state index is 12.0. The van der Waals surface area contributed by atoms with Crippen LogP contribution in [0.1, 0.15) is 31.2 Å². The Kier molecular flexibility index (Phi) is 5.07. The number of amides is 2. The highest BCUT2D eigenvalue weighted by Crippen LogP contribution is 2.25. The third kappa shape index (κ3) is 4.36. The molecule has 0 bridgehead atoms. The number of hydrogen-bond acceptors (Lipinski definition) is 2. The fraction of sp³-hybridized carbons (Fsp3) is 0.467. The number of halogens is 1. The molecule has 0 saturated heterocycles. The van der Waals surface area contributed by atoms with Crippen molar-refractivity contribution < 1.29 is 14.7 Å². The summed E-state index contributed by atoms with van der Waals surface area (Å²) in [5, 5.41) is 15.0. The number of rotatable bonds is 3. The van der Waals surface area contributed by atoms with E-state index >= 15 is 0 Å².